The van der Waals surface area contributed by atoms with Gasteiger partial charge in [-0.05, 0) is 30.7 Å². The Labute approximate surface area is 220 Å². The second kappa shape index (κ2) is 10.5. The van der Waals surface area contributed by atoms with Gasteiger partial charge in [0.1, 0.15) is 5.75 Å². The van der Waals surface area contributed by atoms with Crippen LogP contribution in [0.1, 0.15) is 24.1 Å². The lowest BCUT2D eigenvalue weighted by Crippen LogP contribution is -2.49. The SMILES string of the molecule is CCOC(=O)C1C(=O)N(Cc2ccccc2)c2nc3ccccc3n2C1c1cc(OC)c(OC)cc1OC. The van der Waals surface area contributed by atoms with Crippen molar-refractivity contribution in [1.82, 2.24) is 9.55 Å². The smallest absolute Gasteiger partial charge is 0.321 e. The first-order valence-corrected chi connectivity index (χ1v) is 12.3. The van der Waals surface area contributed by atoms with Crippen molar-refractivity contribution in [3.8, 4) is 17.2 Å². The van der Waals surface area contributed by atoms with E-state index in [2.05, 4.69) is 0 Å². The first-order valence-electron chi connectivity index (χ1n) is 12.3. The number of aromatic nitrogens is 2. The zero-order valence-electron chi connectivity index (χ0n) is 21.7. The fourth-order valence-electron chi connectivity index (χ4n) is 5.03. The van der Waals surface area contributed by atoms with E-state index in [4.69, 9.17) is 23.9 Å². The van der Waals surface area contributed by atoms with Crippen LogP contribution in [0, 0.1) is 5.92 Å². The van der Waals surface area contributed by atoms with Gasteiger partial charge in [0.15, 0.2) is 17.4 Å². The molecule has 9 heteroatoms. The minimum absolute atomic E-state index is 0.134. The standard InChI is InChI=1S/C29H29N3O6/c1-5-38-28(34)25-26(19-15-23(36-3)24(37-4)16-22(19)35-2)32-21-14-10-9-13-20(21)30-29(32)31(27(25)33)17-18-11-7-6-8-12-18/h6-16,25-26H,5,17H2,1-4H3. The topological polar surface area (TPSA) is 92.1 Å². The molecule has 0 bridgehead atoms. The summed E-state index contributed by atoms with van der Waals surface area (Å²) in [5.74, 6) is -0.452. The molecule has 9 nitrogen and oxygen atoms in total. The lowest BCUT2D eigenvalue weighted by Gasteiger charge is -2.38. The van der Waals surface area contributed by atoms with Crippen molar-refractivity contribution in [2.45, 2.75) is 19.5 Å². The second-order valence-corrected chi connectivity index (χ2v) is 8.80. The zero-order valence-corrected chi connectivity index (χ0v) is 21.7. The number of amides is 1. The van der Waals surface area contributed by atoms with E-state index in [1.807, 2.05) is 59.2 Å². The van der Waals surface area contributed by atoms with E-state index in [1.165, 1.54) is 21.3 Å². The molecule has 38 heavy (non-hydrogen) atoms. The normalized spacial score (nSPS) is 16.7. The van der Waals surface area contributed by atoms with Gasteiger partial charge in [0.05, 0.1) is 51.6 Å². The summed E-state index contributed by atoms with van der Waals surface area (Å²) in [6.07, 6.45) is 0. The third-order valence-corrected chi connectivity index (χ3v) is 6.72. The number of esters is 1. The van der Waals surface area contributed by atoms with Crippen molar-refractivity contribution in [2.24, 2.45) is 5.92 Å². The van der Waals surface area contributed by atoms with Gasteiger partial charge in [-0.25, -0.2) is 4.98 Å². The molecule has 0 saturated heterocycles. The number of nitrogens with zero attached hydrogens (tertiary/aromatic N) is 3. The highest BCUT2D eigenvalue weighted by Crippen LogP contribution is 2.47. The molecule has 2 atom stereocenters. The highest BCUT2D eigenvalue weighted by Gasteiger charge is 2.49. The molecule has 1 amide bonds. The number of hydrogen-bond acceptors (Lipinski definition) is 7. The summed E-state index contributed by atoms with van der Waals surface area (Å²) < 4.78 is 24.2. The Hall–Kier alpha value is -4.53. The maximum absolute atomic E-state index is 14.2. The minimum Gasteiger partial charge on any atom is -0.496 e. The molecule has 196 valence electrons. The van der Waals surface area contributed by atoms with E-state index in [0.717, 1.165) is 11.1 Å². The van der Waals surface area contributed by atoms with E-state index in [-0.39, 0.29) is 13.2 Å². The Morgan fingerprint density at radius 2 is 1.55 bits per heavy atom. The Morgan fingerprint density at radius 3 is 2.24 bits per heavy atom. The van der Waals surface area contributed by atoms with Crippen LogP contribution in [0.5, 0.6) is 17.2 Å². The van der Waals surface area contributed by atoms with Crippen LogP contribution >= 0.6 is 0 Å². The summed E-state index contributed by atoms with van der Waals surface area (Å²) in [7, 11) is 4.59. The largest absolute Gasteiger partial charge is 0.496 e. The molecule has 5 rings (SSSR count). The number of para-hydroxylation sites is 2. The predicted molar refractivity (Wildman–Crippen MR) is 142 cm³/mol. The van der Waals surface area contributed by atoms with Gasteiger partial charge in [-0.1, -0.05) is 42.5 Å². The first-order chi connectivity index (χ1) is 18.5. The molecule has 4 aromatic rings. The third kappa shape index (κ3) is 4.19. The monoisotopic (exact) mass is 515 g/mol. The predicted octanol–water partition coefficient (Wildman–Crippen LogP) is 4.38. The number of carbonyl (C=O) groups is 2. The van der Waals surface area contributed by atoms with E-state index >= 15 is 0 Å². The number of ether oxygens (including phenoxy) is 4. The Bertz CT molecular complexity index is 1480. The van der Waals surface area contributed by atoms with Crippen molar-refractivity contribution in [3.05, 3.63) is 77.9 Å². The highest BCUT2D eigenvalue weighted by molar-refractivity contribution is 6.08. The van der Waals surface area contributed by atoms with Gasteiger partial charge in [-0.3, -0.25) is 14.5 Å². The van der Waals surface area contributed by atoms with Crippen LogP contribution < -0.4 is 19.1 Å². The average molecular weight is 516 g/mol. The molecule has 0 aliphatic carbocycles. The average Bonchev–Trinajstić information content (AvgIpc) is 3.33. The molecule has 3 aromatic carbocycles. The summed E-state index contributed by atoms with van der Waals surface area (Å²) in [6, 6.07) is 19.8. The molecule has 2 heterocycles. The molecule has 0 N–H and O–H groups in total. The van der Waals surface area contributed by atoms with Crippen molar-refractivity contribution in [3.63, 3.8) is 0 Å². The van der Waals surface area contributed by atoms with Crippen molar-refractivity contribution < 1.29 is 28.5 Å². The van der Waals surface area contributed by atoms with Gasteiger partial charge in [0, 0.05) is 11.6 Å². The maximum Gasteiger partial charge on any atom is 0.321 e. The lowest BCUT2D eigenvalue weighted by molar-refractivity contribution is -0.153. The molecule has 1 aliphatic rings. The zero-order chi connectivity index (χ0) is 26.8. The molecule has 0 spiro atoms. The van der Waals surface area contributed by atoms with E-state index in [1.54, 1.807) is 24.0 Å². The molecular weight excluding hydrogens is 486 g/mol. The van der Waals surface area contributed by atoms with Crippen molar-refractivity contribution in [2.75, 3.05) is 32.8 Å². The van der Waals surface area contributed by atoms with Crippen LogP contribution in [0.4, 0.5) is 5.95 Å². The van der Waals surface area contributed by atoms with E-state index in [0.29, 0.717) is 34.3 Å². The Morgan fingerprint density at radius 1 is 0.895 bits per heavy atom. The maximum atomic E-state index is 14.2. The van der Waals surface area contributed by atoms with Crippen LogP contribution in [0.3, 0.4) is 0 Å². The fraction of sp³-hybridized carbons (Fsp3) is 0.276. The molecule has 1 aromatic heterocycles. The Balaban J connectivity index is 1.80. The van der Waals surface area contributed by atoms with Gasteiger partial charge in [0.25, 0.3) is 0 Å². The van der Waals surface area contributed by atoms with Gasteiger partial charge < -0.3 is 23.5 Å². The first kappa shape index (κ1) is 25.1. The number of fused-ring (bicyclic) bond motifs is 3. The molecular formula is C29H29N3O6. The second-order valence-electron chi connectivity index (χ2n) is 8.80. The number of hydrogen-bond donors (Lipinski definition) is 0. The van der Waals surface area contributed by atoms with Crippen LogP contribution in [0.25, 0.3) is 11.0 Å². The minimum atomic E-state index is -1.20. The number of rotatable bonds is 8. The molecule has 0 saturated carbocycles. The number of methoxy groups -OCH3 is 3. The molecule has 1 aliphatic heterocycles. The highest BCUT2D eigenvalue weighted by atomic mass is 16.5. The van der Waals surface area contributed by atoms with Crippen LogP contribution in [-0.2, 0) is 20.9 Å². The summed E-state index contributed by atoms with van der Waals surface area (Å²) >= 11 is 0. The van der Waals surface area contributed by atoms with Gasteiger partial charge in [0.2, 0.25) is 11.9 Å². The fourth-order valence-corrected chi connectivity index (χ4v) is 5.03. The van der Waals surface area contributed by atoms with Crippen LogP contribution in [0.2, 0.25) is 0 Å². The van der Waals surface area contributed by atoms with Crippen LogP contribution in [-0.4, -0.2) is 49.4 Å². The van der Waals surface area contributed by atoms with Gasteiger partial charge >= 0.3 is 5.97 Å². The summed E-state index contributed by atoms with van der Waals surface area (Å²) in [5, 5.41) is 0. The van der Waals surface area contributed by atoms with Gasteiger partial charge in [-0.15, -0.1) is 0 Å². The lowest BCUT2D eigenvalue weighted by atomic mass is 9.88. The quantitative estimate of drug-likeness (QED) is 0.254. The molecule has 2 unspecified atom stereocenters. The molecule has 0 radical (unpaired) electrons. The number of benzene rings is 3. The van der Waals surface area contributed by atoms with Crippen molar-refractivity contribution >= 4 is 28.9 Å². The number of carbonyl (C=O) groups excluding carboxylic acids is 2. The summed E-state index contributed by atoms with van der Waals surface area (Å²) in [4.78, 5) is 34.2. The Kier molecular flexibility index (Phi) is 6.91. The number of imidazole rings is 1. The third-order valence-electron chi connectivity index (χ3n) is 6.72. The van der Waals surface area contributed by atoms with E-state index in [9.17, 15) is 9.59 Å². The number of anilines is 1. The van der Waals surface area contributed by atoms with E-state index < -0.39 is 23.8 Å². The molecule has 0 fully saturated rings. The van der Waals surface area contributed by atoms with Crippen LogP contribution in [0.15, 0.2) is 66.7 Å². The summed E-state index contributed by atoms with van der Waals surface area (Å²) in [6.45, 7) is 2.10. The van der Waals surface area contributed by atoms with Gasteiger partial charge in [-0.2, -0.15) is 0 Å². The van der Waals surface area contributed by atoms with Crippen molar-refractivity contribution in [1.29, 1.82) is 0 Å². The summed E-state index contributed by atoms with van der Waals surface area (Å²) in [5.41, 5.74) is 2.94.